The molecule has 12 nitrogen and oxygen atoms in total. The molecule has 0 unspecified atom stereocenters. The molecule has 304 valence electrons. The lowest BCUT2D eigenvalue weighted by Crippen LogP contribution is -2.42. The first-order valence-corrected chi connectivity index (χ1v) is 18.7. The molecule has 2 aromatic rings. The molecular weight excluding hydrogens is 716 g/mol. The summed E-state index contributed by atoms with van der Waals surface area (Å²) in [7, 11) is 3.12. The predicted octanol–water partition coefficient (Wildman–Crippen LogP) is 7.59. The van der Waals surface area contributed by atoms with Gasteiger partial charge in [0.05, 0.1) is 37.3 Å². The Balaban J connectivity index is 1.93. The van der Waals surface area contributed by atoms with E-state index in [9.17, 15) is 19.8 Å². The van der Waals surface area contributed by atoms with Gasteiger partial charge in [-0.05, 0) is 13.8 Å². The molecule has 56 heavy (non-hydrogen) atoms. The van der Waals surface area contributed by atoms with Crippen molar-refractivity contribution in [3.63, 3.8) is 0 Å². The van der Waals surface area contributed by atoms with Gasteiger partial charge >= 0.3 is 11.9 Å². The number of ether oxygens (including phenoxy) is 4. The SMILES string of the molecule is C/C=C/[C@H](O)C(C)(C)[C@@H]1C/C=C/C=C/C=C/[C@H](OC)Cc2nc(co2)C(=O)O[C@H](C(C)(C)[C@@H](O)/C=C/C)C/C=C/C=C/C=C/[C@H](OC)Cc2nc(co2)C(=O)O1. The summed E-state index contributed by atoms with van der Waals surface area (Å²) >= 11 is 0. The molecule has 2 N–H and O–H groups in total. The molecule has 0 aliphatic carbocycles. The number of aliphatic hydroxyl groups excluding tert-OH is 2. The maximum Gasteiger partial charge on any atom is 0.360 e. The van der Waals surface area contributed by atoms with Crippen LogP contribution in [0.4, 0.5) is 0 Å². The number of hydrogen-bond acceptors (Lipinski definition) is 12. The Bertz CT molecular complexity index is 1640. The van der Waals surface area contributed by atoms with E-state index in [2.05, 4.69) is 9.97 Å². The number of allylic oxidation sites excluding steroid dienone is 10. The van der Waals surface area contributed by atoms with E-state index in [-0.39, 0.29) is 24.2 Å². The Kier molecular flexibility index (Phi) is 18.4. The van der Waals surface area contributed by atoms with E-state index in [4.69, 9.17) is 27.8 Å². The topological polar surface area (TPSA) is 164 Å². The molecule has 2 aromatic heterocycles. The summed E-state index contributed by atoms with van der Waals surface area (Å²) in [6, 6.07) is 0. The fraction of sp³-hybridized carbons (Fsp3) is 0.455. The van der Waals surface area contributed by atoms with E-state index >= 15 is 0 Å². The molecule has 6 atom stereocenters. The Hall–Kier alpha value is -4.88. The molecule has 0 aromatic carbocycles. The third kappa shape index (κ3) is 13.7. The van der Waals surface area contributed by atoms with Crippen molar-refractivity contribution < 1.29 is 47.6 Å². The number of oxazole rings is 2. The first kappa shape index (κ1) is 45.5. The van der Waals surface area contributed by atoms with E-state index in [1.54, 1.807) is 38.5 Å². The molecule has 0 saturated heterocycles. The molecule has 0 fully saturated rings. The van der Waals surface area contributed by atoms with Crippen molar-refractivity contribution in [2.45, 2.75) is 104 Å². The van der Waals surface area contributed by atoms with E-state index in [0.29, 0.717) is 24.6 Å². The summed E-state index contributed by atoms with van der Waals surface area (Å²) in [5.41, 5.74) is -1.66. The Morgan fingerprint density at radius 3 is 1.39 bits per heavy atom. The minimum absolute atomic E-state index is 0.0120. The van der Waals surface area contributed by atoms with Gasteiger partial charge in [-0.2, -0.15) is 0 Å². The van der Waals surface area contributed by atoms with Crippen molar-refractivity contribution in [2.24, 2.45) is 10.8 Å². The van der Waals surface area contributed by atoms with E-state index in [0.717, 1.165) is 0 Å². The molecule has 0 spiro atoms. The Morgan fingerprint density at radius 2 is 1.04 bits per heavy atom. The van der Waals surface area contributed by atoms with Crippen LogP contribution in [0.2, 0.25) is 0 Å². The summed E-state index contributed by atoms with van der Waals surface area (Å²) in [5, 5.41) is 21.8. The normalized spacial score (nSPS) is 26.1. The van der Waals surface area contributed by atoms with Gasteiger partial charge < -0.3 is 38.0 Å². The highest BCUT2D eigenvalue weighted by atomic mass is 16.6. The number of aromatic nitrogens is 2. The molecule has 3 rings (SSSR count). The number of cyclic esters (lactones) is 2. The highest BCUT2D eigenvalue weighted by molar-refractivity contribution is 5.87. The van der Waals surface area contributed by atoms with Crippen molar-refractivity contribution >= 4 is 11.9 Å². The smallest absolute Gasteiger partial charge is 0.360 e. The second kappa shape index (κ2) is 22.6. The van der Waals surface area contributed by atoms with Gasteiger partial charge in [0.15, 0.2) is 23.2 Å². The maximum absolute atomic E-state index is 13.3. The molecule has 3 heterocycles. The van der Waals surface area contributed by atoms with Crippen molar-refractivity contribution in [1.82, 2.24) is 9.97 Å². The van der Waals surface area contributed by atoms with Gasteiger partial charge in [0, 0.05) is 37.9 Å². The first-order valence-electron chi connectivity index (χ1n) is 18.7. The summed E-state index contributed by atoms with van der Waals surface area (Å²) in [5.74, 6) is -0.754. The number of carbonyl (C=O) groups excluding carboxylic acids is 2. The zero-order valence-electron chi connectivity index (χ0n) is 33.7. The minimum Gasteiger partial charge on any atom is -0.457 e. The van der Waals surface area contributed by atoms with Crippen LogP contribution in [-0.4, -0.2) is 83.0 Å². The van der Waals surface area contributed by atoms with Crippen LogP contribution in [0.5, 0.6) is 0 Å². The molecular formula is C44H58N2O10. The molecule has 0 saturated carbocycles. The average molecular weight is 775 g/mol. The second-order valence-electron chi connectivity index (χ2n) is 14.4. The minimum atomic E-state index is -0.880. The van der Waals surface area contributed by atoms with Crippen LogP contribution in [0.3, 0.4) is 0 Å². The lowest BCUT2D eigenvalue weighted by Gasteiger charge is -2.36. The van der Waals surface area contributed by atoms with Crippen LogP contribution in [-0.2, 0) is 31.8 Å². The van der Waals surface area contributed by atoms with Crippen LogP contribution >= 0.6 is 0 Å². The first-order chi connectivity index (χ1) is 26.8. The van der Waals surface area contributed by atoms with Gasteiger partial charge in [-0.1, -0.05) is 125 Å². The van der Waals surface area contributed by atoms with Gasteiger partial charge in [0.2, 0.25) is 0 Å². The van der Waals surface area contributed by atoms with Crippen LogP contribution in [0.25, 0.3) is 0 Å². The number of esters is 2. The molecule has 12 heteroatoms. The highest BCUT2D eigenvalue weighted by Crippen LogP contribution is 2.33. The van der Waals surface area contributed by atoms with Gasteiger partial charge in [-0.15, -0.1) is 0 Å². The molecule has 1 aliphatic rings. The number of methoxy groups -OCH3 is 2. The largest absolute Gasteiger partial charge is 0.457 e. The van der Waals surface area contributed by atoms with Gasteiger partial charge in [0.1, 0.15) is 24.7 Å². The van der Waals surface area contributed by atoms with Gasteiger partial charge in [-0.25, -0.2) is 19.6 Å². The Labute approximate surface area is 330 Å². The third-order valence-corrected chi connectivity index (χ3v) is 9.60. The maximum atomic E-state index is 13.3. The second-order valence-corrected chi connectivity index (χ2v) is 14.4. The zero-order chi connectivity index (χ0) is 41.1. The number of fused-ring (bicyclic) bond motifs is 4. The van der Waals surface area contributed by atoms with E-state index in [1.165, 1.54) is 12.5 Å². The number of rotatable bonds is 8. The van der Waals surface area contributed by atoms with Crippen molar-refractivity contribution in [1.29, 1.82) is 0 Å². The van der Waals surface area contributed by atoms with Crippen LogP contribution < -0.4 is 0 Å². The van der Waals surface area contributed by atoms with Crippen molar-refractivity contribution in [3.8, 4) is 0 Å². The average Bonchev–Trinajstić information content (AvgIpc) is 3.85. The lowest BCUT2D eigenvalue weighted by molar-refractivity contribution is -0.0461. The predicted molar refractivity (Wildman–Crippen MR) is 214 cm³/mol. The monoisotopic (exact) mass is 774 g/mol. The molecule has 1 aliphatic heterocycles. The summed E-state index contributed by atoms with van der Waals surface area (Å²) in [6.45, 7) is 11.0. The van der Waals surface area contributed by atoms with Crippen LogP contribution in [0, 0.1) is 10.8 Å². The molecule has 4 bridgehead atoms. The number of hydrogen-bond donors (Lipinski definition) is 2. The lowest BCUT2D eigenvalue weighted by atomic mass is 9.79. The van der Waals surface area contributed by atoms with E-state index < -0.39 is 59.4 Å². The zero-order valence-corrected chi connectivity index (χ0v) is 33.7. The number of aliphatic hydroxyl groups is 2. The van der Waals surface area contributed by atoms with Crippen LogP contribution in [0.15, 0.2) is 119 Å². The standard InChI is InChI=1S/C44H58N2O10/c1-9-21-35(47)43(3,4)37-25-19-15-11-13-17-23-32(52-8)28-40-46-34(30-54-40)42(50)56-38(44(5,6)36(48)22-10-2)26-20-16-12-14-18-24-31(51-7)27-39-45-33(29-53-39)41(49)55-37/h9-24,29-32,35-38,47-48H,25-28H2,1-8H3/b13-11+,14-12+,19-15+,20-16+,21-9+,22-10+,23-17+,24-18+/t31-,32-,35-,36-,37-,38-/m0/s1. The summed E-state index contributed by atoms with van der Waals surface area (Å²) in [6.07, 6.45) is 28.4. The molecule has 0 amide bonds. The van der Waals surface area contributed by atoms with E-state index in [1.807, 2.05) is 114 Å². The van der Waals surface area contributed by atoms with Gasteiger partial charge in [0.25, 0.3) is 0 Å². The van der Waals surface area contributed by atoms with Crippen molar-refractivity contribution in [2.75, 3.05) is 14.2 Å². The quantitative estimate of drug-likeness (QED) is 0.200. The fourth-order valence-electron chi connectivity index (χ4n) is 5.62. The summed E-state index contributed by atoms with van der Waals surface area (Å²) < 4.78 is 34.3. The highest BCUT2D eigenvalue weighted by Gasteiger charge is 2.39. The molecule has 0 radical (unpaired) electrons. The Morgan fingerprint density at radius 1 is 0.661 bits per heavy atom. The summed E-state index contributed by atoms with van der Waals surface area (Å²) in [4.78, 5) is 35.3. The number of carbonyl (C=O) groups is 2. The number of nitrogens with zero attached hydrogens (tertiary/aromatic N) is 2. The van der Waals surface area contributed by atoms with Crippen LogP contribution in [0.1, 0.15) is 87.1 Å². The van der Waals surface area contributed by atoms with Crippen molar-refractivity contribution in [3.05, 3.63) is 133 Å². The fourth-order valence-corrected chi connectivity index (χ4v) is 5.62. The third-order valence-electron chi connectivity index (χ3n) is 9.60. The van der Waals surface area contributed by atoms with Gasteiger partial charge in [-0.3, -0.25) is 0 Å².